The normalized spacial score (nSPS) is 11.3. The van der Waals surface area contributed by atoms with Gasteiger partial charge in [-0.25, -0.2) is 5.43 Å². The van der Waals surface area contributed by atoms with E-state index in [0.29, 0.717) is 6.42 Å². The van der Waals surface area contributed by atoms with E-state index in [0.717, 1.165) is 23.8 Å². The van der Waals surface area contributed by atoms with E-state index in [-0.39, 0.29) is 5.91 Å². The van der Waals surface area contributed by atoms with E-state index in [1.807, 2.05) is 24.3 Å². The van der Waals surface area contributed by atoms with Gasteiger partial charge in [0.25, 0.3) is 0 Å². The zero-order valence-corrected chi connectivity index (χ0v) is 17.5. The van der Waals surface area contributed by atoms with Crippen LogP contribution in [0.4, 0.5) is 0 Å². The number of nitrogens with one attached hydrogen (secondary N) is 1. The third-order valence-corrected chi connectivity index (χ3v) is 5.22. The van der Waals surface area contributed by atoms with E-state index in [2.05, 4.69) is 35.7 Å². The van der Waals surface area contributed by atoms with Gasteiger partial charge in [-0.05, 0) is 17.2 Å². The van der Waals surface area contributed by atoms with Crippen molar-refractivity contribution >= 4 is 22.9 Å². The average Bonchev–Trinajstić information content (AvgIpc) is 2.72. The van der Waals surface area contributed by atoms with Crippen LogP contribution >= 0.6 is 0 Å². The van der Waals surface area contributed by atoms with E-state index in [1.54, 1.807) is 6.21 Å². The van der Waals surface area contributed by atoms with Gasteiger partial charge in [-0.2, -0.15) is 5.10 Å². The van der Waals surface area contributed by atoms with Gasteiger partial charge < -0.3 is 0 Å². The molecule has 0 saturated heterocycles. The van der Waals surface area contributed by atoms with Crippen molar-refractivity contribution in [2.45, 2.75) is 84.0 Å². The van der Waals surface area contributed by atoms with Crippen LogP contribution in [0.5, 0.6) is 0 Å². The molecule has 0 aliphatic heterocycles. The number of unbranched alkanes of at least 4 members (excludes halogenated alkanes) is 10. The van der Waals surface area contributed by atoms with E-state index in [4.69, 9.17) is 0 Å². The predicted molar refractivity (Wildman–Crippen MR) is 121 cm³/mol. The summed E-state index contributed by atoms with van der Waals surface area (Å²) < 4.78 is 0. The lowest BCUT2D eigenvalue weighted by Gasteiger charge is -2.03. The summed E-state index contributed by atoms with van der Waals surface area (Å²) in [5.74, 6) is 0.00686. The summed E-state index contributed by atoms with van der Waals surface area (Å²) in [7, 11) is 0. The van der Waals surface area contributed by atoms with Crippen LogP contribution in [0.1, 0.15) is 89.5 Å². The Morgan fingerprint density at radius 3 is 2.14 bits per heavy atom. The van der Waals surface area contributed by atoms with Crippen molar-refractivity contribution < 1.29 is 4.79 Å². The topological polar surface area (TPSA) is 41.5 Å². The van der Waals surface area contributed by atoms with E-state index in [9.17, 15) is 4.79 Å². The van der Waals surface area contributed by atoms with Gasteiger partial charge in [0.05, 0.1) is 6.21 Å². The molecule has 0 radical (unpaired) electrons. The molecule has 0 heterocycles. The first kappa shape index (κ1) is 22.1. The molecule has 2 aromatic rings. The Hall–Kier alpha value is -2.16. The first-order valence-electron chi connectivity index (χ1n) is 11.1. The van der Waals surface area contributed by atoms with Crippen molar-refractivity contribution in [3.63, 3.8) is 0 Å². The van der Waals surface area contributed by atoms with Gasteiger partial charge >= 0.3 is 0 Å². The van der Waals surface area contributed by atoms with Crippen molar-refractivity contribution in [1.29, 1.82) is 0 Å². The summed E-state index contributed by atoms with van der Waals surface area (Å²) in [6.07, 6.45) is 16.5. The summed E-state index contributed by atoms with van der Waals surface area (Å²) in [5.41, 5.74) is 3.68. The van der Waals surface area contributed by atoms with Gasteiger partial charge in [0.1, 0.15) is 0 Å². The molecule has 0 spiro atoms. The molecule has 0 saturated carbocycles. The largest absolute Gasteiger partial charge is 0.273 e. The molecular weight excluding hydrogens is 344 g/mol. The predicted octanol–water partition coefficient (Wildman–Crippen LogP) is 6.99. The number of hydrazone groups is 1. The minimum atomic E-state index is 0.00686. The second-order valence-electron chi connectivity index (χ2n) is 7.65. The molecule has 1 amide bonds. The van der Waals surface area contributed by atoms with Gasteiger partial charge in [0, 0.05) is 12.0 Å². The molecule has 2 rings (SSSR count). The Morgan fingerprint density at radius 2 is 1.43 bits per heavy atom. The molecule has 0 aliphatic carbocycles. The fraction of sp³-hybridized carbons (Fsp3) is 0.520. The summed E-state index contributed by atoms with van der Waals surface area (Å²) in [6.45, 7) is 2.26. The average molecular weight is 381 g/mol. The summed E-state index contributed by atoms with van der Waals surface area (Å²) in [6, 6.07) is 14.3. The molecule has 0 bridgehead atoms. The van der Waals surface area contributed by atoms with E-state index >= 15 is 0 Å². The number of benzene rings is 2. The number of amides is 1. The molecule has 0 fully saturated rings. The third-order valence-electron chi connectivity index (χ3n) is 5.22. The minimum Gasteiger partial charge on any atom is -0.273 e. The van der Waals surface area contributed by atoms with Gasteiger partial charge in [-0.1, -0.05) is 114 Å². The number of fused-ring (bicyclic) bond motifs is 1. The van der Waals surface area contributed by atoms with Crippen molar-refractivity contribution in [2.24, 2.45) is 5.10 Å². The zero-order valence-electron chi connectivity index (χ0n) is 17.5. The highest BCUT2D eigenvalue weighted by Crippen LogP contribution is 2.16. The van der Waals surface area contributed by atoms with Crippen molar-refractivity contribution in [1.82, 2.24) is 5.43 Å². The molecule has 0 aromatic heterocycles. The fourth-order valence-corrected chi connectivity index (χ4v) is 3.54. The third kappa shape index (κ3) is 8.69. The highest BCUT2D eigenvalue weighted by Gasteiger charge is 2.01. The standard InChI is InChI=1S/C25H36N2O/c1-2-3-4-5-6-7-8-9-10-11-12-20-25(28)27-26-21-23-18-15-17-22-16-13-14-19-24(22)23/h13-19,21H,2-12,20H2,1H3,(H,27,28)/b26-21-. The molecular formula is C25H36N2O. The van der Waals surface area contributed by atoms with Crippen LogP contribution in [0.25, 0.3) is 10.8 Å². The van der Waals surface area contributed by atoms with Crippen LogP contribution in [-0.4, -0.2) is 12.1 Å². The van der Waals surface area contributed by atoms with Crippen LogP contribution in [0.2, 0.25) is 0 Å². The Labute approximate surface area is 170 Å². The molecule has 2 aromatic carbocycles. The highest BCUT2D eigenvalue weighted by molar-refractivity contribution is 5.99. The molecule has 0 atom stereocenters. The number of carbonyl (C=O) groups is 1. The lowest BCUT2D eigenvalue weighted by Crippen LogP contribution is -2.16. The quantitative estimate of drug-likeness (QED) is 0.214. The number of carbonyl (C=O) groups excluding carboxylic acids is 1. The fourth-order valence-electron chi connectivity index (χ4n) is 3.54. The number of hydrogen-bond acceptors (Lipinski definition) is 2. The summed E-state index contributed by atoms with van der Waals surface area (Å²) >= 11 is 0. The SMILES string of the molecule is CCCCCCCCCCCCCC(=O)N/N=C\c1cccc2ccccc12. The van der Waals surface area contributed by atoms with Crippen LogP contribution in [0.15, 0.2) is 47.6 Å². The molecule has 3 heteroatoms. The molecule has 0 unspecified atom stereocenters. The maximum atomic E-state index is 11.9. The van der Waals surface area contributed by atoms with Crippen molar-refractivity contribution in [3.8, 4) is 0 Å². The van der Waals surface area contributed by atoms with Gasteiger partial charge in [-0.3, -0.25) is 4.79 Å². The van der Waals surface area contributed by atoms with Crippen LogP contribution in [0, 0.1) is 0 Å². The second-order valence-corrected chi connectivity index (χ2v) is 7.65. The van der Waals surface area contributed by atoms with Gasteiger partial charge in [-0.15, -0.1) is 0 Å². The maximum absolute atomic E-state index is 11.9. The molecule has 1 N–H and O–H groups in total. The maximum Gasteiger partial charge on any atom is 0.240 e. The Kier molecular flexibility index (Phi) is 11.0. The summed E-state index contributed by atoms with van der Waals surface area (Å²) in [4.78, 5) is 11.9. The Morgan fingerprint density at radius 1 is 0.821 bits per heavy atom. The number of hydrogen-bond donors (Lipinski definition) is 1. The molecule has 28 heavy (non-hydrogen) atoms. The smallest absolute Gasteiger partial charge is 0.240 e. The lowest BCUT2D eigenvalue weighted by atomic mass is 10.1. The van der Waals surface area contributed by atoms with Crippen molar-refractivity contribution in [2.75, 3.05) is 0 Å². The minimum absolute atomic E-state index is 0.00686. The number of nitrogens with zero attached hydrogens (tertiary/aromatic N) is 1. The lowest BCUT2D eigenvalue weighted by molar-refractivity contribution is -0.121. The van der Waals surface area contributed by atoms with Crippen LogP contribution in [0.3, 0.4) is 0 Å². The van der Waals surface area contributed by atoms with E-state index in [1.165, 1.54) is 63.2 Å². The Bertz CT molecular complexity index is 718. The second kappa shape index (κ2) is 13.9. The zero-order chi connectivity index (χ0) is 19.9. The number of rotatable bonds is 14. The molecule has 152 valence electrons. The van der Waals surface area contributed by atoms with Gasteiger partial charge in [0.15, 0.2) is 0 Å². The first-order valence-corrected chi connectivity index (χ1v) is 11.1. The molecule has 3 nitrogen and oxygen atoms in total. The van der Waals surface area contributed by atoms with E-state index < -0.39 is 0 Å². The summed E-state index contributed by atoms with van der Waals surface area (Å²) in [5, 5.41) is 6.46. The van der Waals surface area contributed by atoms with Crippen molar-refractivity contribution in [3.05, 3.63) is 48.0 Å². The highest BCUT2D eigenvalue weighted by atomic mass is 16.2. The molecule has 0 aliphatic rings. The monoisotopic (exact) mass is 380 g/mol. The first-order chi connectivity index (χ1) is 13.8. The van der Waals surface area contributed by atoms with Gasteiger partial charge in [0.2, 0.25) is 5.91 Å². The van der Waals surface area contributed by atoms with Crippen LogP contribution < -0.4 is 5.43 Å². The Balaban J connectivity index is 1.53. The van der Waals surface area contributed by atoms with Crippen LogP contribution in [-0.2, 0) is 4.79 Å².